The molecule has 0 unspecified atom stereocenters. The van der Waals surface area contributed by atoms with E-state index in [-0.39, 0.29) is 5.91 Å². The van der Waals surface area contributed by atoms with Crippen LogP contribution in [0.5, 0.6) is 11.5 Å². The third-order valence-electron chi connectivity index (χ3n) is 5.65. The van der Waals surface area contributed by atoms with Crippen molar-refractivity contribution in [1.82, 2.24) is 15.1 Å². The van der Waals surface area contributed by atoms with Crippen LogP contribution in [0.3, 0.4) is 0 Å². The number of ether oxygens (including phenoxy) is 3. The van der Waals surface area contributed by atoms with E-state index in [1.165, 1.54) is 0 Å². The first-order chi connectivity index (χ1) is 15.7. The summed E-state index contributed by atoms with van der Waals surface area (Å²) in [6.45, 7) is 10.7. The Morgan fingerprint density at radius 3 is 2.03 bits per heavy atom. The normalized spacial score (nSPS) is 16.8. The Bertz CT molecular complexity index is 894. The van der Waals surface area contributed by atoms with Gasteiger partial charge in [-0.25, -0.2) is 0 Å². The van der Waals surface area contributed by atoms with Gasteiger partial charge in [-0.2, -0.15) is 0 Å². The van der Waals surface area contributed by atoms with Gasteiger partial charge in [-0.3, -0.25) is 4.79 Å². The second kappa shape index (κ2) is 10.5. The van der Waals surface area contributed by atoms with Crippen LogP contribution in [0, 0.1) is 0 Å². The van der Waals surface area contributed by atoms with Crippen LogP contribution in [0.4, 0.5) is 11.6 Å². The summed E-state index contributed by atoms with van der Waals surface area (Å²) >= 11 is 0. The zero-order valence-electron chi connectivity index (χ0n) is 18.8. The van der Waals surface area contributed by atoms with Crippen molar-refractivity contribution in [3.8, 4) is 11.5 Å². The maximum Gasteiger partial charge on any atom is 0.254 e. The first-order valence-corrected chi connectivity index (χ1v) is 11.3. The highest BCUT2D eigenvalue weighted by Crippen LogP contribution is 2.29. The molecule has 0 radical (unpaired) electrons. The van der Waals surface area contributed by atoms with Crippen molar-refractivity contribution in [2.24, 2.45) is 0 Å². The number of morpholine rings is 1. The maximum absolute atomic E-state index is 13.1. The summed E-state index contributed by atoms with van der Waals surface area (Å²) in [5.41, 5.74) is 0.611. The summed E-state index contributed by atoms with van der Waals surface area (Å²) in [7, 11) is 0. The van der Waals surface area contributed by atoms with E-state index in [0.29, 0.717) is 56.5 Å². The molecular weight excluding hydrogens is 410 g/mol. The highest BCUT2D eigenvalue weighted by atomic mass is 16.5. The Kier molecular flexibility index (Phi) is 7.26. The molecule has 2 saturated heterocycles. The fourth-order valence-electron chi connectivity index (χ4n) is 3.95. The first kappa shape index (κ1) is 22.1. The smallest absolute Gasteiger partial charge is 0.254 e. The molecule has 0 N–H and O–H groups in total. The average molecular weight is 442 g/mol. The molecule has 172 valence electrons. The van der Waals surface area contributed by atoms with Crippen LogP contribution in [0.1, 0.15) is 24.2 Å². The molecule has 0 atom stereocenters. The summed E-state index contributed by atoms with van der Waals surface area (Å²) < 4.78 is 16.7. The molecular formula is C23H31N5O4. The largest absolute Gasteiger partial charge is 0.490 e. The molecule has 1 amide bonds. The van der Waals surface area contributed by atoms with Gasteiger partial charge in [-0.15, -0.1) is 10.2 Å². The van der Waals surface area contributed by atoms with E-state index >= 15 is 0 Å². The van der Waals surface area contributed by atoms with Crippen molar-refractivity contribution < 1.29 is 19.0 Å². The van der Waals surface area contributed by atoms with Crippen molar-refractivity contribution in [1.29, 1.82) is 0 Å². The van der Waals surface area contributed by atoms with Gasteiger partial charge in [0.1, 0.15) is 0 Å². The number of piperazine rings is 1. The van der Waals surface area contributed by atoms with Gasteiger partial charge >= 0.3 is 0 Å². The van der Waals surface area contributed by atoms with E-state index in [9.17, 15) is 4.79 Å². The van der Waals surface area contributed by atoms with Gasteiger partial charge in [0.25, 0.3) is 5.91 Å². The van der Waals surface area contributed by atoms with E-state index in [0.717, 1.165) is 37.9 Å². The number of hydrogen-bond donors (Lipinski definition) is 0. The molecule has 2 aromatic rings. The number of rotatable bonds is 7. The molecule has 2 fully saturated rings. The summed E-state index contributed by atoms with van der Waals surface area (Å²) in [5.74, 6) is 2.99. The Balaban J connectivity index is 1.36. The van der Waals surface area contributed by atoms with E-state index in [4.69, 9.17) is 14.2 Å². The fourth-order valence-corrected chi connectivity index (χ4v) is 3.95. The van der Waals surface area contributed by atoms with Crippen molar-refractivity contribution in [3.63, 3.8) is 0 Å². The molecule has 1 aromatic carbocycles. The minimum Gasteiger partial charge on any atom is -0.490 e. The zero-order valence-corrected chi connectivity index (χ0v) is 18.8. The summed E-state index contributed by atoms with van der Waals surface area (Å²) in [6, 6.07) is 9.41. The van der Waals surface area contributed by atoms with Crippen molar-refractivity contribution >= 4 is 17.5 Å². The second-order valence-electron chi connectivity index (χ2n) is 7.66. The fraction of sp³-hybridized carbons (Fsp3) is 0.522. The predicted molar refractivity (Wildman–Crippen MR) is 122 cm³/mol. The van der Waals surface area contributed by atoms with Crippen molar-refractivity contribution in [2.75, 3.05) is 75.5 Å². The van der Waals surface area contributed by atoms with Crippen LogP contribution in [0.2, 0.25) is 0 Å². The Hall–Kier alpha value is -3.07. The third-order valence-corrected chi connectivity index (χ3v) is 5.65. The van der Waals surface area contributed by atoms with Gasteiger partial charge in [0.2, 0.25) is 0 Å². The molecule has 32 heavy (non-hydrogen) atoms. The average Bonchev–Trinajstić information content (AvgIpc) is 2.86. The number of carbonyl (C=O) groups is 1. The minimum absolute atomic E-state index is 0.00222. The van der Waals surface area contributed by atoms with Gasteiger partial charge in [-0.05, 0) is 44.2 Å². The van der Waals surface area contributed by atoms with Gasteiger partial charge in [-0.1, -0.05) is 0 Å². The molecule has 9 heteroatoms. The summed E-state index contributed by atoms with van der Waals surface area (Å²) in [6.07, 6.45) is 0. The van der Waals surface area contributed by atoms with Crippen molar-refractivity contribution in [3.05, 3.63) is 35.9 Å². The molecule has 2 aliphatic rings. The van der Waals surface area contributed by atoms with Gasteiger partial charge < -0.3 is 28.9 Å². The molecule has 0 bridgehead atoms. The molecule has 2 aliphatic heterocycles. The molecule has 3 heterocycles. The summed E-state index contributed by atoms with van der Waals surface area (Å²) in [4.78, 5) is 19.3. The molecule has 9 nitrogen and oxygen atoms in total. The van der Waals surface area contributed by atoms with Gasteiger partial charge in [0.05, 0.1) is 26.4 Å². The number of hydrogen-bond acceptors (Lipinski definition) is 8. The van der Waals surface area contributed by atoms with E-state index in [1.807, 2.05) is 36.9 Å². The van der Waals surface area contributed by atoms with Crippen LogP contribution in [-0.4, -0.2) is 86.7 Å². The molecule has 0 saturated carbocycles. The van der Waals surface area contributed by atoms with Gasteiger partial charge in [0, 0.05) is 44.8 Å². The molecule has 0 aliphatic carbocycles. The Labute approximate surface area is 188 Å². The topological polar surface area (TPSA) is 80.3 Å². The van der Waals surface area contributed by atoms with Crippen molar-refractivity contribution in [2.45, 2.75) is 13.8 Å². The highest BCUT2D eigenvalue weighted by Gasteiger charge is 2.24. The predicted octanol–water partition coefficient (Wildman–Crippen LogP) is 2.07. The third kappa shape index (κ3) is 5.04. The highest BCUT2D eigenvalue weighted by molar-refractivity contribution is 5.95. The van der Waals surface area contributed by atoms with E-state index in [2.05, 4.69) is 20.0 Å². The summed E-state index contributed by atoms with van der Waals surface area (Å²) in [5, 5.41) is 8.83. The Morgan fingerprint density at radius 2 is 1.44 bits per heavy atom. The van der Waals surface area contributed by atoms with Crippen LogP contribution in [0.25, 0.3) is 0 Å². The monoisotopic (exact) mass is 441 g/mol. The molecule has 4 rings (SSSR count). The molecule has 1 aromatic heterocycles. The SMILES string of the molecule is CCOc1ccc(C(=O)N2CCN(c3ccc(N4CCOCC4)nn3)CC2)cc1OCC. The van der Waals surface area contributed by atoms with Crippen LogP contribution in [0.15, 0.2) is 30.3 Å². The number of anilines is 2. The quantitative estimate of drug-likeness (QED) is 0.646. The standard InChI is InChI=1S/C23H31N5O4/c1-3-31-19-6-5-18(17-20(19)32-4-2)23(29)28-11-9-26(10-12-28)21-7-8-22(25-24-21)27-13-15-30-16-14-27/h5-8,17H,3-4,9-16H2,1-2H3. The number of carbonyl (C=O) groups excluding carboxylic acids is 1. The van der Waals surface area contributed by atoms with Gasteiger partial charge in [0.15, 0.2) is 23.1 Å². The number of amides is 1. The zero-order chi connectivity index (χ0) is 22.3. The lowest BCUT2D eigenvalue weighted by Crippen LogP contribution is -2.49. The second-order valence-corrected chi connectivity index (χ2v) is 7.66. The lowest BCUT2D eigenvalue weighted by molar-refractivity contribution is 0.0746. The van der Waals surface area contributed by atoms with E-state index < -0.39 is 0 Å². The number of aromatic nitrogens is 2. The minimum atomic E-state index is 0.00222. The maximum atomic E-state index is 13.1. The lowest BCUT2D eigenvalue weighted by Gasteiger charge is -2.35. The Morgan fingerprint density at radius 1 is 0.844 bits per heavy atom. The number of benzene rings is 1. The van der Waals surface area contributed by atoms with E-state index in [1.54, 1.807) is 12.1 Å². The first-order valence-electron chi connectivity index (χ1n) is 11.3. The van der Waals surface area contributed by atoms with Crippen LogP contribution < -0.4 is 19.3 Å². The van der Waals surface area contributed by atoms with Crippen LogP contribution >= 0.6 is 0 Å². The molecule has 0 spiro atoms. The lowest BCUT2D eigenvalue weighted by atomic mass is 10.1. The number of nitrogens with zero attached hydrogens (tertiary/aromatic N) is 5. The van der Waals surface area contributed by atoms with Crippen LogP contribution in [-0.2, 0) is 4.74 Å².